The molecular weight excluding hydrogens is 292 g/mol. The Bertz CT molecular complexity index is 731. The van der Waals surface area contributed by atoms with Crippen molar-refractivity contribution in [2.24, 2.45) is 0 Å². The number of carboxylic acid groups (broad SMARTS) is 1. The van der Waals surface area contributed by atoms with Gasteiger partial charge >= 0.3 is 5.97 Å². The molecule has 2 aromatic carbocycles. The van der Waals surface area contributed by atoms with Crippen molar-refractivity contribution in [3.63, 3.8) is 0 Å². The maximum atomic E-state index is 12.2. The quantitative estimate of drug-likeness (QED) is 0.879. The molecule has 0 radical (unpaired) electrons. The standard InChI is InChI=1S/C15H14O5S/c16-9-11-1-3-12(4-2-11)10-21(19,20)14-7-5-13(6-8-14)15(17)18/h1-8,16H,9-10H2,(H,17,18). The number of rotatable bonds is 5. The van der Waals surface area contributed by atoms with E-state index in [1.54, 1.807) is 24.3 Å². The molecule has 0 heterocycles. The Kier molecular flexibility index (Phi) is 4.40. The summed E-state index contributed by atoms with van der Waals surface area (Å²) in [5, 5.41) is 17.7. The molecule has 0 spiro atoms. The van der Waals surface area contributed by atoms with Gasteiger partial charge in [0.05, 0.1) is 22.8 Å². The largest absolute Gasteiger partial charge is 0.478 e. The van der Waals surface area contributed by atoms with E-state index in [4.69, 9.17) is 10.2 Å². The first-order valence-corrected chi connectivity index (χ1v) is 7.82. The zero-order valence-electron chi connectivity index (χ0n) is 11.1. The van der Waals surface area contributed by atoms with Gasteiger partial charge in [-0.1, -0.05) is 24.3 Å². The van der Waals surface area contributed by atoms with E-state index in [2.05, 4.69) is 0 Å². The number of hydrogen-bond donors (Lipinski definition) is 2. The number of benzene rings is 2. The summed E-state index contributed by atoms with van der Waals surface area (Å²) >= 11 is 0. The first-order chi connectivity index (χ1) is 9.92. The van der Waals surface area contributed by atoms with Gasteiger partial charge in [0.25, 0.3) is 0 Å². The van der Waals surface area contributed by atoms with Crippen molar-refractivity contribution < 1.29 is 23.4 Å². The van der Waals surface area contributed by atoms with Crippen molar-refractivity contribution >= 4 is 15.8 Å². The van der Waals surface area contributed by atoms with Gasteiger partial charge in [-0.15, -0.1) is 0 Å². The van der Waals surface area contributed by atoms with Gasteiger partial charge in [-0.25, -0.2) is 13.2 Å². The van der Waals surface area contributed by atoms with Crippen molar-refractivity contribution in [2.45, 2.75) is 17.3 Å². The van der Waals surface area contributed by atoms with Gasteiger partial charge in [0.15, 0.2) is 9.84 Å². The summed E-state index contributed by atoms with van der Waals surface area (Å²) in [5.74, 6) is -1.27. The van der Waals surface area contributed by atoms with E-state index in [-0.39, 0.29) is 22.8 Å². The molecule has 0 fully saturated rings. The molecule has 0 aromatic heterocycles. The monoisotopic (exact) mass is 306 g/mol. The molecule has 0 amide bonds. The van der Waals surface area contributed by atoms with E-state index in [0.717, 1.165) is 0 Å². The lowest BCUT2D eigenvalue weighted by molar-refractivity contribution is 0.0696. The summed E-state index contributed by atoms with van der Waals surface area (Å²) in [4.78, 5) is 10.8. The Hall–Kier alpha value is -2.18. The van der Waals surface area contributed by atoms with Crippen LogP contribution in [0.2, 0.25) is 0 Å². The van der Waals surface area contributed by atoms with Crippen molar-refractivity contribution in [3.05, 3.63) is 65.2 Å². The Morgan fingerprint density at radius 2 is 1.43 bits per heavy atom. The maximum Gasteiger partial charge on any atom is 0.335 e. The first-order valence-electron chi connectivity index (χ1n) is 6.17. The van der Waals surface area contributed by atoms with Crippen LogP contribution in [0.1, 0.15) is 21.5 Å². The fraction of sp³-hybridized carbons (Fsp3) is 0.133. The summed E-state index contributed by atoms with van der Waals surface area (Å²) in [5.41, 5.74) is 1.36. The number of aromatic carboxylic acids is 1. The third-order valence-electron chi connectivity index (χ3n) is 3.02. The number of sulfone groups is 1. The average Bonchev–Trinajstić information content (AvgIpc) is 2.48. The van der Waals surface area contributed by atoms with Crippen molar-refractivity contribution in [3.8, 4) is 0 Å². The molecule has 110 valence electrons. The zero-order chi connectivity index (χ0) is 15.5. The third-order valence-corrected chi connectivity index (χ3v) is 4.73. The number of aliphatic hydroxyl groups is 1. The topological polar surface area (TPSA) is 91.7 Å². The normalized spacial score (nSPS) is 11.3. The van der Waals surface area contributed by atoms with Crippen LogP contribution in [0.5, 0.6) is 0 Å². The lowest BCUT2D eigenvalue weighted by atomic mass is 10.2. The number of hydrogen-bond acceptors (Lipinski definition) is 4. The Balaban J connectivity index is 2.22. The Labute approximate surface area is 122 Å². The van der Waals surface area contributed by atoms with Crippen molar-refractivity contribution in [1.29, 1.82) is 0 Å². The number of aliphatic hydroxyl groups excluding tert-OH is 1. The van der Waals surface area contributed by atoms with Crippen LogP contribution in [0, 0.1) is 0 Å². The molecule has 0 unspecified atom stereocenters. The molecule has 21 heavy (non-hydrogen) atoms. The molecule has 2 aromatic rings. The van der Waals surface area contributed by atoms with Crippen LogP contribution < -0.4 is 0 Å². The Morgan fingerprint density at radius 3 is 1.90 bits per heavy atom. The SMILES string of the molecule is O=C(O)c1ccc(S(=O)(=O)Cc2ccc(CO)cc2)cc1. The molecule has 0 atom stereocenters. The molecule has 0 aliphatic carbocycles. The average molecular weight is 306 g/mol. The predicted molar refractivity (Wildman–Crippen MR) is 76.7 cm³/mol. The minimum atomic E-state index is -3.53. The van der Waals surface area contributed by atoms with Gasteiger partial charge in [0, 0.05) is 0 Å². The molecule has 5 nitrogen and oxygen atoms in total. The van der Waals surface area contributed by atoms with Crippen molar-refractivity contribution in [2.75, 3.05) is 0 Å². The molecule has 0 aliphatic rings. The van der Waals surface area contributed by atoms with E-state index < -0.39 is 15.8 Å². The summed E-state index contributed by atoms with van der Waals surface area (Å²) in [6, 6.07) is 11.7. The lowest BCUT2D eigenvalue weighted by Gasteiger charge is -2.06. The predicted octanol–water partition coefficient (Wildman–Crippen LogP) is 1.85. The van der Waals surface area contributed by atoms with E-state index in [0.29, 0.717) is 11.1 Å². The van der Waals surface area contributed by atoms with Crippen LogP contribution in [0.25, 0.3) is 0 Å². The summed E-state index contributed by atoms with van der Waals surface area (Å²) in [6.45, 7) is -0.0936. The second-order valence-corrected chi connectivity index (χ2v) is 6.55. The van der Waals surface area contributed by atoms with Crippen LogP contribution in [-0.2, 0) is 22.2 Å². The van der Waals surface area contributed by atoms with Gasteiger partial charge in [-0.05, 0) is 35.4 Å². The highest BCUT2D eigenvalue weighted by Crippen LogP contribution is 2.17. The van der Waals surface area contributed by atoms with Gasteiger partial charge < -0.3 is 10.2 Å². The van der Waals surface area contributed by atoms with E-state index in [1.165, 1.54) is 24.3 Å². The summed E-state index contributed by atoms with van der Waals surface area (Å²) < 4.78 is 24.5. The highest BCUT2D eigenvalue weighted by Gasteiger charge is 2.16. The smallest absolute Gasteiger partial charge is 0.335 e. The number of carbonyl (C=O) groups is 1. The molecule has 0 aliphatic heterocycles. The minimum absolute atomic E-state index is 0.0428. The van der Waals surface area contributed by atoms with Crippen molar-refractivity contribution in [1.82, 2.24) is 0 Å². The highest BCUT2D eigenvalue weighted by molar-refractivity contribution is 7.90. The van der Waals surface area contributed by atoms with E-state index in [1.807, 2.05) is 0 Å². The van der Waals surface area contributed by atoms with Crippen LogP contribution >= 0.6 is 0 Å². The third kappa shape index (κ3) is 3.68. The molecular formula is C15H14O5S. The summed E-state index contributed by atoms with van der Waals surface area (Å²) in [7, 11) is -3.53. The first kappa shape index (κ1) is 15.2. The molecule has 2 N–H and O–H groups in total. The fourth-order valence-corrected chi connectivity index (χ4v) is 3.20. The van der Waals surface area contributed by atoms with Crippen LogP contribution in [0.4, 0.5) is 0 Å². The zero-order valence-corrected chi connectivity index (χ0v) is 11.9. The van der Waals surface area contributed by atoms with Gasteiger partial charge in [0.1, 0.15) is 0 Å². The Morgan fingerprint density at radius 1 is 0.905 bits per heavy atom. The van der Waals surface area contributed by atoms with Gasteiger partial charge in [-0.3, -0.25) is 0 Å². The molecule has 0 saturated heterocycles. The van der Waals surface area contributed by atoms with Crippen LogP contribution in [0.15, 0.2) is 53.4 Å². The lowest BCUT2D eigenvalue weighted by Crippen LogP contribution is -2.06. The fourth-order valence-electron chi connectivity index (χ4n) is 1.85. The second kappa shape index (κ2) is 6.07. The van der Waals surface area contributed by atoms with Crippen LogP contribution in [0.3, 0.4) is 0 Å². The van der Waals surface area contributed by atoms with Gasteiger partial charge in [0.2, 0.25) is 0 Å². The molecule has 2 rings (SSSR count). The molecule has 6 heteroatoms. The maximum absolute atomic E-state index is 12.2. The minimum Gasteiger partial charge on any atom is -0.478 e. The molecule has 0 bridgehead atoms. The van der Waals surface area contributed by atoms with E-state index >= 15 is 0 Å². The summed E-state index contributed by atoms with van der Waals surface area (Å²) in [6.07, 6.45) is 0. The van der Waals surface area contributed by atoms with Crippen LogP contribution in [-0.4, -0.2) is 24.6 Å². The number of carboxylic acids is 1. The highest BCUT2D eigenvalue weighted by atomic mass is 32.2. The van der Waals surface area contributed by atoms with Gasteiger partial charge in [-0.2, -0.15) is 0 Å². The molecule has 0 saturated carbocycles. The second-order valence-electron chi connectivity index (χ2n) is 4.56. The van der Waals surface area contributed by atoms with E-state index in [9.17, 15) is 13.2 Å².